The molecule has 0 saturated carbocycles. The summed E-state index contributed by atoms with van der Waals surface area (Å²) in [4.78, 5) is 15.0. The van der Waals surface area contributed by atoms with Crippen LogP contribution in [0.15, 0.2) is 18.2 Å². The molecule has 21 heavy (non-hydrogen) atoms. The molecule has 0 saturated heterocycles. The number of ether oxygens (including phenoxy) is 2. The molecule has 1 aromatic heterocycles. The Kier molecular flexibility index (Phi) is 4.31. The molecule has 7 nitrogen and oxygen atoms in total. The van der Waals surface area contributed by atoms with Gasteiger partial charge in [-0.05, 0) is 25.1 Å². The van der Waals surface area contributed by atoms with Gasteiger partial charge in [-0.2, -0.15) is 4.98 Å². The van der Waals surface area contributed by atoms with Crippen LogP contribution >= 0.6 is 0 Å². The fraction of sp³-hybridized carbons (Fsp3) is 0.250. The summed E-state index contributed by atoms with van der Waals surface area (Å²) in [6.45, 7) is 1.34. The minimum Gasteiger partial charge on any atom is -0.463 e. The van der Waals surface area contributed by atoms with Gasteiger partial charge in [-0.3, -0.25) is 0 Å². The maximum Gasteiger partial charge on any atom is 0.344 e. The highest BCUT2D eigenvalue weighted by Crippen LogP contribution is 2.23. The maximum atomic E-state index is 13.6. The summed E-state index contributed by atoms with van der Waals surface area (Å²) in [6.07, 6.45) is 0. The van der Waals surface area contributed by atoms with Crippen LogP contribution < -0.4 is 4.74 Å². The second kappa shape index (κ2) is 6.16. The second-order valence-corrected chi connectivity index (χ2v) is 3.83. The SMILES string of the molecule is CCOC(=O)COc1nc(-c2cc(F)ccc2F)n(O)n1. The average Bonchev–Trinajstić information content (AvgIpc) is 2.81. The summed E-state index contributed by atoms with van der Waals surface area (Å²) in [7, 11) is 0. The summed E-state index contributed by atoms with van der Waals surface area (Å²) in [5, 5.41) is 13.0. The van der Waals surface area contributed by atoms with E-state index in [2.05, 4.69) is 14.8 Å². The number of halogens is 2. The standard InChI is InChI=1S/C12H11F2N3O4/c1-2-20-10(18)6-21-12-15-11(17(19)16-12)8-5-7(13)3-4-9(8)14/h3-5,19H,2,6H2,1H3. The number of hydrogen-bond acceptors (Lipinski definition) is 6. The van der Waals surface area contributed by atoms with Crippen molar-refractivity contribution < 1.29 is 28.3 Å². The lowest BCUT2D eigenvalue weighted by molar-refractivity contribution is -0.145. The van der Waals surface area contributed by atoms with E-state index in [1.165, 1.54) is 0 Å². The molecule has 0 spiro atoms. The third kappa shape index (κ3) is 3.44. The Bertz CT molecular complexity index is 660. The molecule has 0 fully saturated rings. The zero-order valence-corrected chi connectivity index (χ0v) is 10.9. The van der Waals surface area contributed by atoms with Gasteiger partial charge in [-0.1, -0.05) is 9.94 Å². The van der Waals surface area contributed by atoms with E-state index in [0.29, 0.717) is 0 Å². The molecule has 1 aromatic carbocycles. The monoisotopic (exact) mass is 299 g/mol. The van der Waals surface area contributed by atoms with Gasteiger partial charge in [0.25, 0.3) is 0 Å². The van der Waals surface area contributed by atoms with Crippen molar-refractivity contribution >= 4 is 5.97 Å². The molecule has 0 aliphatic carbocycles. The van der Waals surface area contributed by atoms with Gasteiger partial charge in [-0.15, -0.1) is 0 Å². The number of nitrogens with zero attached hydrogens (tertiary/aromatic N) is 3. The summed E-state index contributed by atoms with van der Waals surface area (Å²) < 4.78 is 36.2. The van der Waals surface area contributed by atoms with E-state index in [1.54, 1.807) is 6.92 Å². The maximum absolute atomic E-state index is 13.6. The fourth-order valence-corrected chi connectivity index (χ4v) is 1.51. The Labute approximate surface area is 117 Å². The molecule has 0 unspecified atom stereocenters. The quantitative estimate of drug-likeness (QED) is 0.663. The Morgan fingerprint density at radius 2 is 2.19 bits per heavy atom. The summed E-state index contributed by atoms with van der Waals surface area (Å²) in [5.74, 6) is -2.50. The average molecular weight is 299 g/mol. The molecule has 2 rings (SSSR count). The number of carbonyl (C=O) groups is 1. The first-order valence-electron chi connectivity index (χ1n) is 5.91. The molecular formula is C12H11F2N3O4. The van der Waals surface area contributed by atoms with E-state index in [-0.39, 0.29) is 28.9 Å². The van der Waals surface area contributed by atoms with Crippen LogP contribution in [0.25, 0.3) is 11.4 Å². The molecule has 0 bridgehead atoms. The highest BCUT2D eigenvalue weighted by Gasteiger charge is 2.17. The minimum atomic E-state index is -0.795. The van der Waals surface area contributed by atoms with Crippen LogP contribution in [-0.2, 0) is 9.53 Å². The summed E-state index contributed by atoms with van der Waals surface area (Å²) >= 11 is 0. The van der Waals surface area contributed by atoms with Gasteiger partial charge >= 0.3 is 12.0 Å². The molecule has 0 amide bonds. The largest absolute Gasteiger partial charge is 0.463 e. The first kappa shape index (κ1) is 14.7. The minimum absolute atomic E-state index is 0.184. The molecule has 9 heteroatoms. The Morgan fingerprint density at radius 1 is 1.43 bits per heavy atom. The van der Waals surface area contributed by atoms with E-state index in [0.717, 1.165) is 18.2 Å². The summed E-state index contributed by atoms with van der Waals surface area (Å²) in [5.41, 5.74) is -0.295. The predicted molar refractivity (Wildman–Crippen MR) is 64.7 cm³/mol. The number of benzene rings is 1. The smallest absolute Gasteiger partial charge is 0.344 e. The van der Waals surface area contributed by atoms with E-state index in [1.807, 2.05) is 0 Å². The molecule has 0 aliphatic heterocycles. The van der Waals surface area contributed by atoms with Crippen molar-refractivity contribution in [2.24, 2.45) is 0 Å². The van der Waals surface area contributed by atoms with Gasteiger partial charge in [-0.25, -0.2) is 13.6 Å². The number of aromatic nitrogens is 3. The number of esters is 1. The van der Waals surface area contributed by atoms with Crippen molar-refractivity contribution in [2.75, 3.05) is 13.2 Å². The van der Waals surface area contributed by atoms with Crippen LogP contribution in [0.4, 0.5) is 8.78 Å². The zero-order valence-electron chi connectivity index (χ0n) is 10.9. The van der Waals surface area contributed by atoms with Crippen LogP contribution in [0.1, 0.15) is 6.92 Å². The third-order valence-electron chi connectivity index (χ3n) is 2.37. The van der Waals surface area contributed by atoms with Gasteiger partial charge in [0, 0.05) is 0 Å². The number of carbonyl (C=O) groups excluding carboxylic acids is 1. The Morgan fingerprint density at radius 3 is 2.90 bits per heavy atom. The van der Waals surface area contributed by atoms with Crippen LogP contribution in [0, 0.1) is 11.6 Å². The molecule has 2 aromatic rings. The van der Waals surface area contributed by atoms with E-state index < -0.39 is 24.2 Å². The van der Waals surface area contributed by atoms with Crippen LogP contribution in [0.2, 0.25) is 0 Å². The van der Waals surface area contributed by atoms with Crippen molar-refractivity contribution in [2.45, 2.75) is 6.92 Å². The molecule has 112 valence electrons. The molecule has 1 heterocycles. The van der Waals surface area contributed by atoms with Crippen molar-refractivity contribution in [1.29, 1.82) is 0 Å². The predicted octanol–water partition coefficient (Wildman–Crippen LogP) is 1.40. The number of rotatable bonds is 5. The molecule has 0 aliphatic rings. The van der Waals surface area contributed by atoms with Gasteiger partial charge in [0.2, 0.25) is 5.82 Å². The molecule has 0 atom stereocenters. The van der Waals surface area contributed by atoms with Crippen molar-refractivity contribution in [1.82, 2.24) is 14.9 Å². The lowest BCUT2D eigenvalue weighted by atomic mass is 10.2. The highest BCUT2D eigenvalue weighted by molar-refractivity contribution is 5.70. The topological polar surface area (TPSA) is 86.5 Å². The lowest BCUT2D eigenvalue weighted by Gasteiger charge is -2.00. The van der Waals surface area contributed by atoms with Gasteiger partial charge in [0.1, 0.15) is 11.6 Å². The van der Waals surface area contributed by atoms with Gasteiger partial charge < -0.3 is 14.7 Å². The van der Waals surface area contributed by atoms with Crippen molar-refractivity contribution in [3.63, 3.8) is 0 Å². The third-order valence-corrected chi connectivity index (χ3v) is 2.37. The Balaban J connectivity index is 2.19. The number of hydrogen-bond donors (Lipinski definition) is 1. The normalized spacial score (nSPS) is 10.4. The zero-order chi connectivity index (χ0) is 15.4. The highest BCUT2D eigenvalue weighted by atomic mass is 19.1. The van der Waals surface area contributed by atoms with Crippen LogP contribution in [0.3, 0.4) is 0 Å². The van der Waals surface area contributed by atoms with Crippen LogP contribution in [-0.4, -0.2) is 39.3 Å². The first-order valence-corrected chi connectivity index (χ1v) is 5.91. The first-order chi connectivity index (χ1) is 10.0. The van der Waals surface area contributed by atoms with Gasteiger partial charge in [0.15, 0.2) is 6.61 Å². The fourth-order valence-electron chi connectivity index (χ4n) is 1.51. The van der Waals surface area contributed by atoms with Crippen molar-refractivity contribution in [3.05, 3.63) is 29.8 Å². The second-order valence-electron chi connectivity index (χ2n) is 3.83. The van der Waals surface area contributed by atoms with E-state index in [4.69, 9.17) is 4.74 Å². The van der Waals surface area contributed by atoms with E-state index in [9.17, 15) is 18.8 Å². The van der Waals surface area contributed by atoms with E-state index >= 15 is 0 Å². The lowest BCUT2D eigenvalue weighted by Crippen LogP contribution is -2.15. The molecule has 0 radical (unpaired) electrons. The van der Waals surface area contributed by atoms with Crippen LogP contribution in [0.5, 0.6) is 6.01 Å². The molecule has 1 N–H and O–H groups in total. The van der Waals surface area contributed by atoms with Crippen molar-refractivity contribution in [3.8, 4) is 17.4 Å². The molecular weight excluding hydrogens is 288 g/mol. The summed E-state index contributed by atoms with van der Waals surface area (Å²) in [6, 6.07) is 2.29. The van der Waals surface area contributed by atoms with Gasteiger partial charge in [0.05, 0.1) is 12.2 Å². The Hall–Kier alpha value is -2.71.